The fraction of sp³-hybridized carbons (Fsp3) is 0.960. The van der Waals surface area contributed by atoms with E-state index in [0.717, 1.165) is 60.7 Å². The Hall–Kier alpha value is -0.289. The van der Waals surface area contributed by atoms with E-state index in [2.05, 4.69) is 266 Å². The first-order valence-corrected chi connectivity index (χ1v) is 53.6. The Morgan fingerprint density at radius 2 is 0.678 bits per heavy atom. The fourth-order valence-electron chi connectivity index (χ4n) is 22.9. The van der Waals surface area contributed by atoms with E-state index in [1.165, 1.54) is 12.8 Å². The predicted molar refractivity (Wildman–Crippen MR) is 393 cm³/mol. The predicted octanol–water partition coefficient (Wildman–Crippen LogP) is 23.5. The van der Waals surface area contributed by atoms with Crippen LogP contribution < -0.4 is 0 Å². The second-order valence-corrected chi connectivity index (χ2v) is 77.7. The molecule has 6 nitrogen and oxygen atoms in total. The third-order valence-electron chi connectivity index (χ3n) is 38.2. The number of ether oxygens (including phenoxy) is 3. The average Bonchev–Trinajstić information content (AvgIpc) is 1.42. The molecule has 0 amide bonds. The Labute approximate surface area is 547 Å². The number of hydrogen-bond donors (Lipinski definition) is 0. The molecule has 7 rings (SSSR count). The van der Waals surface area contributed by atoms with Gasteiger partial charge in [0.1, 0.15) is 16.8 Å². The number of esters is 3. The summed E-state index contributed by atoms with van der Waals surface area (Å²) in [6, 6.07) is 0. The van der Waals surface area contributed by atoms with Crippen molar-refractivity contribution >= 4 is 66.4 Å². The van der Waals surface area contributed by atoms with E-state index in [1.54, 1.807) is 0 Å². The number of rotatable bonds is 9. The summed E-state index contributed by atoms with van der Waals surface area (Å²) < 4.78 is 21.1. The van der Waals surface area contributed by atoms with E-state index < -0.39 is 76.1 Å². The molecule has 0 radical (unpaired) electrons. The van der Waals surface area contributed by atoms with E-state index in [1.807, 2.05) is 27.7 Å². The highest BCUT2D eigenvalue weighted by Crippen LogP contribution is 2.83. The lowest BCUT2D eigenvalue weighted by atomic mass is 9.59. The molecule has 12 heteroatoms. The zero-order valence-electron chi connectivity index (χ0n) is 66.2. The van der Waals surface area contributed by atoms with Crippen LogP contribution in [0.5, 0.6) is 0 Å². The van der Waals surface area contributed by atoms with Crippen molar-refractivity contribution in [3.05, 3.63) is 0 Å². The fourth-order valence-corrected chi connectivity index (χ4v) is 67.0. The monoisotopic (exact) mass is 1310 g/mol. The Morgan fingerprint density at radius 3 is 1.00 bits per heavy atom. The van der Waals surface area contributed by atoms with Gasteiger partial charge in [0.15, 0.2) is 0 Å². The van der Waals surface area contributed by atoms with Gasteiger partial charge in [-0.15, -0.1) is 0 Å². The zero-order valence-corrected chi connectivity index (χ0v) is 72.2. The minimum absolute atomic E-state index is 0.00169. The van der Waals surface area contributed by atoms with Crippen molar-refractivity contribution in [3.63, 3.8) is 0 Å². The van der Waals surface area contributed by atoms with Gasteiger partial charge in [0.25, 0.3) is 0 Å². The van der Waals surface area contributed by atoms with Gasteiger partial charge in [0, 0.05) is 5.41 Å². The van der Waals surface area contributed by atoms with Gasteiger partial charge < -0.3 is 14.2 Å². The van der Waals surface area contributed by atoms with Crippen LogP contribution in [0.2, 0.25) is 123 Å². The Kier molecular flexibility index (Phi) is 19.0. The van der Waals surface area contributed by atoms with Crippen molar-refractivity contribution in [2.24, 2.45) is 69.5 Å². The molecule has 3 aliphatic heterocycles. The van der Waals surface area contributed by atoms with Crippen LogP contribution >= 0.6 is 0 Å². The molecule has 3 heterocycles. The molecule has 4 saturated carbocycles. The van der Waals surface area contributed by atoms with Gasteiger partial charge in [-0.25, -0.2) is 0 Å². The van der Waals surface area contributed by atoms with Crippen LogP contribution in [-0.2, 0) is 28.6 Å². The zero-order chi connectivity index (χ0) is 69.1. The number of fused-ring (bicyclic) bond motifs is 9. The Balaban J connectivity index is 0.000000242. The van der Waals surface area contributed by atoms with Crippen LogP contribution in [0.3, 0.4) is 0 Å². The van der Waals surface area contributed by atoms with Gasteiger partial charge in [0.05, 0.1) is 65.2 Å². The molecule has 4 aliphatic carbocycles. The molecule has 0 aromatic carbocycles. The molecule has 9 unspecified atom stereocenters. The number of carbonyl (C=O) groups is 3. The van der Waals surface area contributed by atoms with Crippen LogP contribution in [-0.4, -0.2) is 83.2 Å². The first-order valence-electron chi connectivity index (χ1n) is 35.6. The minimum Gasteiger partial charge on any atom is -0.459 e. The summed E-state index contributed by atoms with van der Waals surface area (Å²) in [5, 5.41) is 0.152. The van der Waals surface area contributed by atoms with Crippen LogP contribution in [0.1, 0.15) is 247 Å². The smallest absolute Gasteiger partial charge is 0.312 e. The van der Waals surface area contributed by atoms with Crippen molar-refractivity contribution < 1.29 is 28.6 Å². The van der Waals surface area contributed by atoms with Gasteiger partial charge in [-0.05, 0) is 179 Å². The standard InChI is InChI=1S/C30H54O2Si2.C24H50O2Si2.C21H44O2Si2/c1-17-18(2)21-16-20(17)24-19-14-22(25(21)24)23(15-19)26(31)32-30(9)27(3,4)33(10,11)29(7,8)34(12,13)28(30,5)6;1-17-19(2,3)18(25)26-20(4,5)24(12)21(6,7)27(13,14)23(10,11)28(15,16)22(24,8)9;1-15-17(2,3)16(22)23-21(10)18(4,5)24(11,12)20(8,9)25(13,14)19(21,6)7/h17-25H,14-16H2,1-13H3;17H2,1-16H3;15H2,1-14H3. The topological polar surface area (TPSA) is 78.9 Å². The summed E-state index contributed by atoms with van der Waals surface area (Å²) in [7, 11) is -10.6. The molecular formula is C75H148O6Si6. The van der Waals surface area contributed by atoms with Crippen molar-refractivity contribution in [1.29, 1.82) is 0 Å². The number of hydrogen-bond acceptors (Lipinski definition) is 6. The third kappa shape index (κ3) is 9.19. The van der Waals surface area contributed by atoms with Crippen LogP contribution in [0.15, 0.2) is 0 Å². The Morgan fingerprint density at radius 1 is 0.391 bits per heavy atom. The molecule has 9 atom stereocenters. The van der Waals surface area contributed by atoms with Crippen molar-refractivity contribution in [2.75, 3.05) is 0 Å². The van der Waals surface area contributed by atoms with Crippen molar-refractivity contribution in [3.8, 4) is 0 Å². The van der Waals surface area contributed by atoms with Gasteiger partial charge in [0.2, 0.25) is 0 Å². The molecule has 0 aromatic heterocycles. The highest BCUT2D eigenvalue weighted by molar-refractivity contribution is 7.05. The van der Waals surface area contributed by atoms with Gasteiger partial charge in [-0.1, -0.05) is 238 Å². The molecule has 7 fully saturated rings. The quantitative estimate of drug-likeness (QED) is 0.0991. The SMILES string of the molecule is CC1C(C)C2CC1C1C3CC(C(=O)OC4(C)C(C)(C)[Si](C)(C)C(C)(C)[Si](C)(C)C4(C)C)C(C3)C21.CCC(C)(C)C(=O)OC(C)(C)C1(C)C(C)(C)[Si](C)(C)C(C)(C)[Si](C)(C)C1(C)C.CCC(C)(C)C(=O)OC1(C)C(C)(C)[Si](C)(C)C(C)(C)[Si](C)(C)C1(C)C. The maximum Gasteiger partial charge on any atom is 0.312 e. The second kappa shape index (κ2) is 21.4. The largest absolute Gasteiger partial charge is 0.459 e. The van der Waals surface area contributed by atoms with Gasteiger partial charge >= 0.3 is 17.9 Å². The highest BCUT2D eigenvalue weighted by atomic mass is 28.4. The van der Waals surface area contributed by atoms with Gasteiger partial charge in [-0.2, -0.15) is 0 Å². The molecule has 87 heavy (non-hydrogen) atoms. The summed E-state index contributed by atoms with van der Waals surface area (Å²) in [5.41, 5.74) is -2.43. The lowest BCUT2D eigenvalue weighted by Gasteiger charge is -2.78. The summed E-state index contributed by atoms with van der Waals surface area (Å²) in [4.78, 5) is 40.5. The molecule has 508 valence electrons. The molecule has 0 spiro atoms. The molecule has 3 saturated heterocycles. The lowest BCUT2D eigenvalue weighted by molar-refractivity contribution is -0.189. The van der Waals surface area contributed by atoms with E-state index in [9.17, 15) is 14.4 Å². The molecule has 4 bridgehead atoms. The summed E-state index contributed by atoms with van der Waals surface area (Å²) >= 11 is 0. The van der Waals surface area contributed by atoms with E-state index in [0.29, 0.717) is 19.9 Å². The van der Waals surface area contributed by atoms with Crippen molar-refractivity contribution in [1.82, 2.24) is 0 Å². The molecular weight excluding hydrogens is 1170 g/mol. The molecule has 0 aromatic rings. The summed E-state index contributed by atoms with van der Waals surface area (Å²) in [6.07, 6.45) is 5.45. The normalized spacial score (nSPS) is 36.2. The maximum absolute atomic E-state index is 14.2. The first kappa shape index (κ1) is 77.4. The van der Waals surface area contributed by atoms with Crippen LogP contribution in [0.25, 0.3) is 0 Å². The van der Waals surface area contributed by atoms with E-state index in [4.69, 9.17) is 14.2 Å². The summed E-state index contributed by atoms with van der Waals surface area (Å²) in [6.45, 7) is 104. The van der Waals surface area contributed by atoms with Gasteiger partial charge in [-0.3, -0.25) is 14.4 Å². The van der Waals surface area contributed by atoms with E-state index in [-0.39, 0.29) is 59.5 Å². The van der Waals surface area contributed by atoms with Crippen LogP contribution in [0.4, 0.5) is 0 Å². The summed E-state index contributed by atoms with van der Waals surface area (Å²) in [5.74, 6) is 6.88. The van der Waals surface area contributed by atoms with Crippen LogP contribution in [0, 0.1) is 69.5 Å². The molecule has 0 N–H and O–H groups in total. The third-order valence-corrected chi connectivity index (χ3v) is 89.9. The van der Waals surface area contributed by atoms with Crippen molar-refractivity contribution in [2.45, 2.75) is 386 Å². The highest BCUT2D eigenvalue weighted by Gasteiger charge is 2.81. The number of carbonyl (C=O) groups excluding carboxylic acids is 3. The first-order chi connectivity index (χ1) is 37.9. The maximum atomic E-state index is 14.2. The molecule has 7 aliphatic rings. The average molecular weight is 1310 g/mol. The Bertz CT molecular complexity index is 2560. The minimum atomic E-state index is -1.79. The second-order valence-electron chi connectivity index (χ2n) is 41.7. The lowest BCUT2D eigenvalue weighted by Crippen LogP contribution is -2.78. The van der Waals surface area contributed by atoms with E-state index >= 15 is 0 Å².